The van der Waals surface area contributed by atoms with Crippen molar-refractivity contribution in [3.63, 3.8) is 0 Å². The Labute approximate surface area is 119 Å². The molecule has 0 aliphatic carbocycles. The summed E-state index contributed by atoms with van der Waals surface area (Å²) < 4.78 is 31.0. The highest BCUT2D eigenvalue weighted by atomic mass is 32.2. The Morgan fingerprint density at radius 2 is 1.90 bits per heavy atom. The van der Waals surface area contributed by atoms with Gasteiger partial charge in [-0.15, -0.1) is 0 Å². The van der Waals surface area contributed by atoms with Crippen LogP contribution in [0.25, 0.3) is 0 Å². The van der Waals surface area contributed by atoms with Crippen molar-refractivity contribution in [2.45, 2.75) is 25.2 Å². The zero-order chi connectivity index (χ0) is 15.5. The normalized spacial score (nSPS) is 11.7. The van der Waals surface area contributed by atoms with Gasteiger partial charge < -0.3 is 9.84 Å². The minimum Gasteiger partial charge on any atom is -0.496 e. The van der Waals surface area contributed by atoms with Crippen molar-refractivity contribution in [1.29, 1.82) is 0 Å². The third kappa shape index (κ3) is 3.29. The number of hydrogen-bond donors (Lipinski definition) is 1. The van der Waals surface area contributed by atoms with Gasteiger partial charge in [-0.25, -0.2) is 12.7 Å². The Hall–Kier alpha value is -1.60. The quantitative estimate of drug-likeness (QED) is 0.858. The molecule has 0 aromatic heterocycles. The van der Waals surface area contributed by atoms with Crippen LogP contribution in [-0.2, 0) is 14.8 Å². The van der Waals surface area contributed by atoms with Crippen molar-refractivity contribution in [2.24, 2.45) is 0 Å². The van der Waals surface area contributed by atoms with E-state index in [4.69, 9.17) is 9.84 Å². The molecule has 112 valence electrons. The second-order valence-corrected chi connectivity index (χ2v) is 6.50. The highest BCUT2D eigenvalue weighted by molar-refractivity contribution is 7.89. The van der Waals surface area contributed by atoms with Crippen LogP contribution in [0.1, 0.15) is 17.5 Å². The van der Waals surface area contributed by atoms with Crippen LogP contribution in [-0.4, -0.2) is 44.5 Å². The van der Waals surface area contributed by atoms with E-state index in [1.165, 1.54) is 20.2 Å². The highest BCUT2D eigenvalue weighted by Crippen LogP contribution is 2.28. The summed E-state index contributed by atoms with van der Waals surface area (Å²) in [6.07, 6.45) is -0.232. The van der Waals surface area contributed by atoms with E-state index in [9.17, 15) is 13.2 Å². The van der Waals surface area contributed by atoms with Crippen molar-refractivity contribution in [1.82, 2.24) is 4.31 Å². The van der Waals surface area contributed by atoms with E-state index >= 15 is 0 Å². The average molecular weight is 301 g/mol. The molecule has 6 nitrogen and oxygen atoms in total. The molecule has 0 aliphatic heterocycles. The van der Waals surface area contributed by atoms with Crippen LogP contribution in [0.4, 0.5) is 0 Å². The van der Waals surface area contributed by atoms with E-state index in [0.29, 0.717) is 11.3 Å². The van der Waals surface area contributed by atoms with E-state index in [-0.39, 0.29) is 17.9 Å². The van der Waals surface area contributed by atoms with E-state index in [0.717, 1.165) is 9.87 Å². The average Bonchev–Trinajstić information content (AvgIpc) is 2.38. The minimum absolute atomic E-state index is 0.0673. The van der Waals surface area contributed by atoms with Crippen LogP contribution in [0.5, 0.6) is 5.75 Å². The van der Waals surface area contributed by atoms with E-state index in [2.05, 4.69) is 0 Å². The number of ether oxygens (including phenoxy) is 1. The molecule has 1 N–H and O–H groups in total. The second kappa shape index (κ2) is 6.23. The molecule has 20 heavy (non-hydrogen) atoms. The Morgan fingerprint density at radius 1 is 1.30 bits per heavy atom. The van der Waals surface area contributed by atoms with Gasteiger partial charge in [-0.05, 0) is 37.1 Å². The summed E-state index contributed by atoms with van der Waals surface area (Å²) >= 11 is 0. The number of carboxylic acids is 1. The molecule has 0 radical (unpaired) electrons. The van der Waals surface area contributed by atoms with Crippen molar-refractivity contribution in [2.75, 3.05) is 20.7 Å². The molecule has 0 fully saturated rings. The van der Waals surface area contributed by atoms with Gasteiger partial charge in [0.1, 0.15) is 5.75 Å². The fourth-order valence-corrected chi connectivity index (χ4v) is 3.26. The Kier molecular flexibility index (Phi) is 5.13. The Balaban J connectivity index is 3.16. The predicted molar refractivity (Wildman–Crippen MR) is 74.5 cm³/mol. The topological polar surface area (TPSA) is 83.9 Å². The molecular weight excluding hydrogens is 282 g/mol. The van der Waals surface area contributed by atoms with Gasteiger partial charge >= 0.3 is 5.97 Å². The molecule has 0 atom stereocenters. The third-order valence-electron chi connectivity index (χ3n) is 3.24. The monoisotopic (exact) mass is 301 g/mol. The highest BCUT2D eigenvalue weighted by Gasteiger charge is 2.24. The van der Waals surface area contributed by atoms with Gasteiger partial charge in [0.15, 0.2) is 0 Å². The number of benzene rings is 1. The number of carboxylic acid groups (broad SMARTS) is 1. The molecule has 1 aromatic rings. The molecule has 0 saturated carbocycles. The number of nitrogens with zero attached hydrogens (tertiary/aromatic N) is 1. The maximum atomic E-state index is 12.4. The molecular formula is C13H19NO5S. The van der Waals surface area contributed by atoms with Gasteiger partial charge in [0.2, 0.25) is 10.0 Å². The SMILES string of the molecule is COc1ccc(S(=O)(=O)N(C)CCC(=O)O)c(C)c1C. The number of methoxy groups -OCH3 is 1. The number of hydrogen-bond acceptors (Lipinski definition) is 4. The molecule has 0 saturated heterocycles. The summed E-state index contributed by atoms with van der Waals surface area (Å²) in [7, 11) is -0.803. The molecule has 1 aromatic carbocycles. The van der Waals surface area contributed by atoms with Gasteiger partial charge in [0.05, 0.1) is 18.4 Å². The lowest BCUT2D eigenvalue weighted by Gasteiger charge is -2.19. The van der Waals surface area contributed by atoms with Gasteiger partial charge in [0.25, 0.3) is 0 Å². The Morgan fingerprint density at radius 3 is 2.40 bits per heavy atom. The van der Waals surface area contributed by atoms with Crippen LogP contribution >= 0.6 is 0 Å². The summed E-state index contributed by atoms with van der Waals surface area (Å²) in [5.74, 6) is -0.413. The van der Waals surface area contributed by atoms with E-state index in [1.54, 1.807) is 19.9 Å². The summed E-state index contributed by atoms with van der Waals surface area (Å²) in [6, 6.07) is 3.08. The second-order valence-electron chi connectivity index (χ2n) is 4.49. The number of aliphatic carboxylic acids is 1. The largest absolute Gasteiger partial charge is 0.496 e. The molecule has 0 bridgehead atoms. The Bertz CT molecular complexity index is 609. The van der Waals surface area contributed by atoms with Crippen molar-refractivity contribution < 1.29 is 23.1 Å². The van der Waals surface area contributed by atoms with Crippen molar-refractivity contribution >= 4 is 16.0 Å². The van der Waals surface area contributed by atoms with Gasteiger partial charge in [-0.1, -0.05) is 0 Å². The first-order valence-corrected chi connectivity index (χ1v) is 7.48. The maximum Gasteiger partial charge on any atom is 0.304 e. The maximum absolute atomic E-state index is 12.4. The predicted octanol–water partition coefficient (Wildman–Crippen LogP) is 1.41. The van der Waals surface area contributed by atoms with Crippen LogP contribution in [0.2, 0.25) is 0 Å². The van der Waals surface area contributed by atoms with Crippen LogP contribution < -0.4 is 4.74 Å². The number of carbonyl (C=O) groups is 1. The van der Waals surface area contributed by atoms with Gasteiger partial charge in [-0.2, -0.15) is 0 Å². The molecule has 0 unspecified atom stereocenters. The fourth-order valence-electron chi connectivity index (χ4n) is 1.81. The van der Waals surface area contributed by atoms with Gasteiger partial charge in [0, 0.05) is 13.6 Å². The molecule has 0 spiro atoms. The van der Waals surface area contributed by atoms with E-state index in [1.807, 2.05) is 0 Å². The van der Waals surface area contributed by atoms with E-state index < -0.39 is 16.0 Å². The van der Waals surface area contributed by atoms with Crippen LogP contribution in [0.15, 0.2) is 17.0 Å². The zero-order valence-corrected chi connectivity index (χ0v) is 12.8. The van der Waals surface area contributed by atoms with Crippen LogP contribution in [0, 0.1) is 13.8 Å². The zero-order valence-electron chi connectivity index (χ0n) is 12.0. The summed E-state index contributed by atoms with van der Waals surface area (Å²) in [5, 5.41) is 8.63. The van der Waals surface area contributed by atoms with Gasteiger partial charge in [-0.3, -0.25) is 4.79 Å². The lowest BCUT2D eigenvalue weighted by atomic mass is 10.1. The van der Waals surface area contributed by atoms with Crippen molar-refractivity contribution in [3.8, 4) is 5.75 Å². The standard InChI is InChI=1S/C13H19NO5S/c1-9-10(2)12(6-5-11(9)19-4)20(17,18)14(3)8-7-13(15)16/h5-6H,7-8H2,1-4H3,(H,15,16). The molecule has 0 aliphatic rings. The molecule has 7 heteroatoms. The lowest BCUT2D eigenvalue weighted by Crippen LogP contribution is -2.29. The molecule has 0 amide bonds. The van der Waals surface area contributed by atoms with Crippen LogP contribution in [0.3, 0.4) is 0 Å². The summed E-state index contributed by atoms with van der Waals surface area (Å²) in [4.78, 5) is 10.7. The first-order valence-electron chi connectivity index (χ1n) is 6.04. The van der Waals surface area contributed by atoms with Crippen molar-refractivity contribution in [3.05, 3.63) is 23.3 Å². The first kappa shape index (κ1) is 16.5. The first-order chi connectivity index (χ1) is 9.21. The number of rotatable bonds is 6. The summed E-state index contributed by atoms with van der Waals surface area (Å²) in [5.41, 5.74) is 1.35. The summed E-state index contributed by atoms with van der Waals surface area (Å²) in [6.45, 7) is 3.42. The lowest BCUT2D eigenvalue weighted by molar-refractivity contribution is -0.137. The fraction of sp³-hybridized carbons (Fsp3) is 0.462. The number of sulfonamides is 1. The third-order valence-corrected chi connectivity index (χ3v) is 5.24. The molecule has 0 heterocycles. The minimum atomic E-state index is -3.70. The molecule has 1 rings (SSSR count). The smallest absolute Gasteiger partial charge is 0.304 e.